The summed E-state index contributed by atoms with van der Waals surface area (Å²) in [6, 6.07) is 9.19. The first-order chi connectivity index (χ1) is 14.1. The van der Waals surface area contributed by atoms with Crippen LogP contribution < -0.4 is 16.0 Å². The number of nitrogens with zero attached hydrogens (tertiary/aromatic N) is 3. The van der Waals surface area contributed by atoms with E-state index in [2.05, 4.69) is 20.2 Å². The molecule has 4 rings (SSSR count). The number of nitrogen functional groups attached to an aromatic ring is 1. The predicted octanol–water partition coefficient (Wildman–Crippen LogP) is 4.33. The van der Waals surface area contributed by atoms with Gasteiger partial charge in [0.15, 0.2) is 0 Å². The second-order valence-electron chi connectivity index (χ2n) is 7.07. The summed E-state index contributed by atoms with van der Waals surface area (Å²) < 4.78 is 0.581. The van der Waals surface area contributed by atoms with E-state index in [4.69, 9.17) is 17.3 Å². The Labute approximate surface area is 178 Å². The third-order valence-electron chi connectivity index (χ3n) is 5.23. The van der Waals surface area contributed by atoms with Crippen LogP contribution in [-0.2, 0) is 0 Å². The van der Waals surface area contributed by atoms with E-state index in [0.29, 0.717) is 32.2 Å². The molecule has 29 heavy (non-hydrogen) atoms. The van der Waals surface area contributed by atoms with Crippen molar-refractivity contribution in [1.29, 1.82) is 0 Å². The minimum Gasteiger partial charge on any atom is -0.395 e. The number of halogens is 1. The normalized spacial score (nSPS) is 14.7. The van der Waals surface area contributed by atoms with Crippen LogP contribution in [0.4, 0.5) is 17.2 Å². The van der Waals surface area contributed by atoms with Gasteiger partial charge in [0.1, 0.15) is 5.82 Å². The molecule has 3 aromatic heterocycles. The van der Waals surface area contributed by atoms with Crippen molar-refractivity contribution < 1.29 is 4.79 Å². The van der Waals surface area contributed by atoms with Crippen molar-refractivity contribution in [1.82, 2.24) is 9.97 Å². The van der Waals surface area contributed by atoms with Gasteiger partial charge in [0.25, 0.3) is 0 Å². The van der Waals surface area contributed by atoms with E-state index >= 15 is 0 Å². The van der Waals surface area contributed by atoms with Crippen molar-refractivity contribution in [3.05, 3.63) is 63.7 Å². The number of carbonyl (C=O) groups excluding carboxylic acids is 1. The molecule has 4 heterocycles. The molecule has 0 amide bonds. The maximum absolute atomic E-state index is 12.7. The van der Waals surface area contributed by atoms with Gasteiger partial charge in [-0.2, -0.15) is 0 Å². The summed E-state index contributed by atoms with van der Waals surface area (Å²) in [4.78, 5) is 24.1. The van der Waals surface area contributed by atoms with Gasteiger partial charge in [-0.3, -0.25) is 9.78 Å². The number of nitrogens with two attached hydrogens (primary N) is 1. The maximum Gasteiger partial charge on any atom is 0.205 e. The van der Waals surface area contributed by atoms with E-state index in [1.54, 1.807) is 24.4 Å². The molecule has 8 heteroatoms. The summed E-state index contributed by atoms with van der Waals surface area (Å²) >= 11 is 7.20. The van der Waals surface area contributed by atoms with Crippen LogP contribution in [0.15, 0.2) is 48.9 Å². The fraction of sp³-hybridized carbons (Fsp3) is 0.286. The molecule has 1 saturated heterocycles. The molecule has 1 aliphatic heterocycles. The molecule has 3 N–H and O–H groups in total. The summed E-state index contributed by atoms with van der Waals surface area (Å²) in [5.41, 5.74) is 8.31. The van der Waals surface area contributed by atoms with Crippen molar-refractivity contribution in [2.45, 2.75) is 12.8 Å². The highest BCUT2D eigenvalue weighted by molar-refractivity contribution is 7.18. The summed E-state index contributed by atoms with van der Waals surface area (Å²) in [7, 11) is 0. The minimum absolute atomic E-state index is 0.129. The SMILES string of the molecule is Nc1c(C(=O)c2ccc(Cl)s2)ccnc1NCC1CCN(c2ccncc2)CC1. The lowest BCUT2D eigenvalue weighted by atomic mass is 9.96. The average Bonchev–Trinajstić information content (AvgIpc) is 3.20. The van der Waals surface area contributed by atoms with Gasteiger partial charge in [-0.1, -0.05) is 11.6 Å². The monoisotopic (exact) mass is 427 g/mol. The van der Waals surface area contributed by atoms with Gasteiger partial charge >= 0.3 is 0 Å². The number of pyridine rings is 2. The molecule has 0 aliphatic carbocycles. The number of hydrogen-bond acceptors (Lipinski definition) is 7. The first-order valence-corrected chi connectivity index (χ1v) is 10.7. The lowest BCUT2D eigenvalue weighted by Crippen LogP contribution is -2.36. The van der Waals surface area contributed by atoms with Gasteiger partial charge in [-0.25, -0.2) is 4.98 Å². The Kier molecular flexibility index (Phi) is 5.97. The molecule has 1 aliphatic rings. The number of nitrogens with one attached hydrogen (secondary N) is 1. The van der Waals surface area contributed by atoms with Gasteiger partial charge in [0.05, 0.1) is 20.5 Å². The number of anilines is 3. The van der Waals surface area contributed by atoms with Crippen molar-refractivity contribution in [2.24, 2.45) is 5.92 Å². The topological polar surface area (TPSA) is 84.1 Å². The van der Waals surface area contributed by atoms with E-state index in [1.807, 2.05) is 24.5 Å². The molecule has 0 unspecified atom stereocenters. The van der Waals surface area contributed by atoms with Crippen LogP contribution >= 0.6 is 22.9 Å². The lowest BCUT2D eigenvalue weighted by molar-refractivity contribution is 0.104. The predicted molar refractivity (Wildman–Crippen MR) is 119 cm³/mol. The third-order valence-corrected chi connectivity index (χ3v) is 6.46. The van der Waals surface area contributed by atoms with Crippen LogP contribution in [0.3, 0.4) is 0 Å². The molecule has 0 saturated carbocycles. The molecule has 1 fully saturated rings. The zero-order valence-electron chi connectivity index (χ0n) is 15.8. The molecule has 6 nitrogen and oxygen atoms in total. The van der Waals surface area contributed by atoms with Crippen LogP contribution in [0.2, 0.25) is 4.34 Å². The van der Waals surface area contributed by atoms with Crippen LogP contribution in [0.5, 0.6) is 0 Å². The molecule has 0 atom stereocenters. The van der Waals surface area contributed by atoms with Gasteiger partial charge in [-0.05, 0) is 49.1 Å². The van der Waals surface area contributed by atoms with Crippen molar-refractivity contribution >= 4 is 45.9 Å². The Morgan fingerprint density at radius 3 is 2.62 bits per heavy atom. The first kappa shape index (κ1) is 19.7. The fourth-order valence-electron chi connectivity index (χ4n) is 3.57. The molecule has 0 bridgehead atoms. The van der Waals surface area contributed by atoms with E-state index in [0.717, 1.165) is 32.5 Å². The molecule has 150 valence electrons. The molecule has 3 aromatic rings. The average molecular weight is 428 g/mol. The Hall–Kier alpha value is -2.64. The quantitative estimate of drug-likeness (QED) is 0.569. The van der Waals surface area contributed by atoms with Gasteiger partial charge in [0.2, 0.25) is 5.78 Å². The highest BCUT2D eigenvalue weighted by atomic mass is 35.5. The number of hydrogen-bond donors (Lipinski definition) is 2. The second-order valence-corrected chi connectivity index (χ2v) is 8.79. The summed E-state index contributed by atoms with van der Waals surface area (Å²) in [5.74, 6) is 0.968. The van der Waals surface area contributed by atoms with Gasteiger partial charge in [0, 0.05) is 43.9 Å². The summed E-state index contributed by atoms with van der Waals surface area (Å²) in [5, 5.41) is 3.35. The van der Waals surface area contributed by atoms with Crippen LogP contribution in [0.25, 0.3) is 0 Å². The standard InChI is InChI=1S/C21H22ClN5OS/c22-18-2-1-17(29-18)20(28)16-5-10-25-21(19(16)23)26-13-14-6-11-27(12-7-14)15-3-8-24-9-4-15/h1-5,8-10,14H,6-7,11-13,23H2,(H,25,26). The van der Waals surface area contributed by atoms with Crippen LogP contribution in [0, 0.1) is 5.92 Å². The third kappa shape index (κ3) is 4.52. The van der Waals surface area contributed by atoms with E-state index in [9.17, 15) is 4.79 Å². The number of piperidine rings is 1. The zero-order chi connectivity index (χ0) is 20.2. The highest BCUT2D eigenvalue weighted by Gasteiger charge is 2.21. The number of aromatic nitrogens is 2. The zero-order valence-corrected chi connectivity index (χ0v) is 17.4. The summed E-state index contributed by atoms with van der Waals surface area (Å²) in [6.45, 7) is 2.80. The molecular formula is C21H22ClN5OS. The number of thiophene rings is 1. The van der Waals surface area contributed by atoms with Gasteiger partial charge < -0.3 is 16.0 Å². The molecule has 0 aromatic carbocycles. The maximum atomic E-state index is 12.7. The van der Waals surface area contributed by atoms with E-state index < -0.39 is 0 Å². The Bertz CT molecular complexity index is 986. The number of carbonyl (C=O) groups is 1. The summed E-state index contributed by atoms with van der Waals surface area (Å²) in [6.07, 6.45) is 7.45. The van der Waals surface area contributed by atoms with Crippen LogP contribution in [0.1, 0.15) is 28.1 Å². The molecule has 0 radical (unpaired) electrons. The fourth-order valence-corrected chi connectivity index (χ4v) is 4.57. The van der Waals surface area contributed by atoms with Crippen molar-refractivity contribution in [3.8, 4) is 0 Å². The molecular weight excluding hydrogens is 406 g/mol. The first-order valence-electron chi connectivity index (χ1n) is 9.55. The van der Waals surface area contributed by atoms with Gasteiger partial charge in [-0.15, -0.1) is 11.3 Å². The molecule has 0 spiro atoms. The van der Waals surface area contributed by atoms with Crippen LogP contribution in [-0.4, -0.2) is 35.4 Å². The van der Waals surface area contributed by atoms with Crippen molar-refractivity contribution in [3.63, 3.8) is 0 Å². The Morgan fingerprint density at radius 1 is 1.17 bits per heavy atom. The Balaban J connectivity index is 1.36. The second kappa shape index (κ2) is 8.80. The van der Waals surface area contributed by atoms with E-state index in [-0.39, 0.29) is 5.78 Å². The van der Waals surface area contributed by atoms with Crippen molar-refractivity contribution in [2.75, 3.05) is 35.6 Å². The smallest absolute Gasteiger partial charge is 0.205 e. The Morgan fingerprint density at radius 2 is 1.93 bits per heavy atom. The lowest BCUT2D eigenvalue weighted by Gasteiger charge is -2.33. The number of rotatable bonds is 6. The minimum atomic E-state index is -0.129. The van der Waals surface area contributed by atoms with E-state index in [1.165, 1.54) is 17.0 Å². The number of ketones is 1. The largest absolute Gasteiger partial charge is 0.395 e. The highest BCUT2D eigenvalue weighted by Crippen LogP contribution is 2.29.